The van der Waals surface area contributed by atoms with Gasteiger partial charge in [-0.1, -0.05) is 26.0 Å². The van der Waals surface area contributed by atoms with Gasteiger partial charge in [0.2, 0.25) is 0 Å². The summed E-state index contributed by atoms with van der Waals surface area (Å²) in [6.45, 7) is 5.18. The van der Waals surface area contributed by atoms with E-state index in [0.717, 1.165) is 48.9 Å². The molecular weight excluding hydrogens is 236 g/mol. The van der Waals surface area contributed by atoms with E-state index >= 15 is 0 Å². The quantitative estimate of drug-likeness (QED) is 0.874. The fourth-order valence-corrected chi connectivity index (χ4v) is 2.51. The first kappa shape index (κ1) is 14.1. The van der Waals surface area contributed by atoms with Crippen molar-refractivity contribution in [1.29, 1.82) is 0 Å². The molecule has 1 aliphatic heterocycles. The van der Waals surface area contributed by atoms with Gasteiger partial charge in [-0.3, -0.25) is 4.79 Å². The summed E-state index contributed by atoms with van der Waals surface area (Å²) in [7, 11) is 0. The number of nitrogens with one attached hydrogen (secondary N) is 1. The molecule has 0 bridgehead atoms. The molecule has 2 rings (SSSR count). The highest BCUT2D eigenvalue weighted by atomic mass is 16.1. The second kappa shape index (κ2) is 6.20. The summed E-state index contributed by atoms with van der Waals surface area (Å²) < 4.78 is 0. The number of benzene rings is 1. The highest BCUT2D eigenvalue weighted by Gasteiger charge is 2.17. The van der Waals surface area contributed by atoms with Crippen LogP contribution in [0.1, 0.15) is 60.6 Å². The van der Waals surface area contributed by atoms with Crippen LogP contribution in [0.15, 0.2) is 18.2 Å². The topological polar surface area (TPSA) is 55.1 Å². The molecule has 0 spiro atoms. The Kier molecular flexibility index (Phi) is 4.59. The molecule has 19 heavy (non-hydrogen) atoms. The van der Waals surface area contributed by atoms with E-state index in [1.54, 1.807) is 0 Å². The zero-order chi connectivity index (χ0) is 13.8. The Morgan fingerprint density at radius 2 is 2.11 bits per heavy atom. The van der Waals surface area contributed by atoms with Crippen LogP contribution < -0.4 is 11.1 Å². The van der Waals surface area contributed by atoms with Crippen molar-refractivity contribution in [2.24, 2.45) is 11.7 Å². The average molecular weight is 260 g/mol. The van der Waals surface area contributed by atoms with E-state index in [0.29, 0.717) is 5.92 Å². The molecule has 0 radical (unpaired) electrons. The van der Waals surface area contributed by atoms with Crippen molar-refractivity contribution in [3.63, 3.8) is 0 Å². The molecule has 1 aromatic rings. The molecule has 104 valence electrons. The van der Waals surface area contributed by atoms with Crippen molar-refractivity contribution in [2.45, 2.75) is 45.6 Å². The third-order valence-electron chi connectivity index (χ3n) is 3.77. The second-order valence-electron chi connectivity index (χ2n) is 5.85. The molecule has 0 aromatic heterocycles. The molecule has 0 saturated heterocycles. The lowest BCUT2D eigenvalue weighted by atomic mass is 9.94. The first-order valence-electron chi connectivity index (χ1n) is 7.24. The summed E-state index contributed by atoms with van der Waals surface area (Å²) in [5.41, 5.74) is 9.27. The number of fused-ring (bicyclic) bond motifs is 1. The second-order valence-corrected chi connectivity index (χ2v) is 5.85. The number of amides is 1. The maximum atomic E-state index is 12.0. The SMILES string of the molecule is CC(C)CCC(N)c1ccc2c(c1)C(=O)NCCC2. The lowest BCUT2D eigenvalue weighted by Crippen LogP contribution is -2.23. The maximum absolute atomic E-state index is 12.0. The van der Waals surface area contributed by atoms with Gasteiger partial charge in [0.15, 0.2) is 0 Å². The minimum Gasteiger partial charge on any atom is -0.352 e. The molecule has 3 nitrogen and oxygen atoms in total. The third kappa shape index (κ3) is 3.57. The van der Waals surface area contributed by atoms with E-state index in [-0.39, 0.29) is 11.9 Å². The first-order valence-corrected chi connectivity index (χ1v) is 7.24. The van der Waals surface area contributed by atoms with Gasteiger partial charge in [-0.25, -0.2) is 0 Å². The largest absolute Gasteiger partial charge is 0.352 e. The fraction of sp³-hybridized carbons (Fsp3) is 0.562. The summed E-state index contributed by atoms with van der Waals surface area (Å²) in [4.78, 5) is 12.0. The predicted molar refractivity (Wildman–Crippen MR) is 78.1 cm³/mol. The zero-order valence-electron chi connectivity index (χ0n) is 11.9. The minimum atomic E-state index is 0.0313. The lowest BCUT2D eigenvalue weighted by molar-refractivity contribution is 0.0956. The monoisotopic (exact) mass is 260 g/mol. The smallest absolute Gasteiger partial charge is 0.251 e. The summed E-state index contributed by atoms with van der Waals surface area (Å²) in [5.74, 6) is 0.709. The van der Waals surface area contributed by atoms with Gasteiger partial charge in [-0.05, 0) is 48.8 Å². The summed E-state index contributed by atoms with van der Waals surface area (Å²) in [6.07, 6.45) is 4.07. The van der Waals surface area contributed by atoms with E-state index in [1.165, 1.54) is 0 Å². The predicted octanol–water partition coefficient (Wildman–Crippen LogP) is 2.80. The van der Waals surface area contributed by atoms with Crippen LogP contribution in [0.25, 0.3) is 0 Å². The molecule has 3 N–H and O–H groups in total. The Balaban J connectivity index is 2.17. The van der Waals surface area contributed by atoms with Crippen molar-refractivity contribution < 1.29 is 4.79 Å². The molecule has 0 saturated carbocycles. The normalized spacial score (nSPS) is 16.7. The van der Waals surface area contributed by atoms with Crippen LogP contribution >= 0.6 is 0 Å². The lowest BCUT2D eigenvalue weighted by Gasteiger charge is -2.15. The number of hydrogen-bond acceptors (Lipinski definition) is 2. The number of aryl methyl sites for hydroxylation is 1. The van der Waals surface area contributed by atoms with Crippen molar-refractivity contribution in [3.8, 4) is 0 Å². The fourth-order valence-electron chi connectivity index (χ4n) is 2.51. The number of hydrogen-bond donors (Lipinski definition) is 2. The number of carbonyl (C=O) groups excluding carboxylic acids is 1. The van der Waals surface area contributed by atoms with Gasteiger partial charge in [-0.2, -0.15) is 0 Å². The van der Waals surface area contributed by atoms with Gasteiger partial charge < -0.3 is 11.1 Å². The van der Waals surface area contributed by atoms with Crippen LogP contribution in [0.5, 0.6) is 0 Å². The molecule has 3 heteroatoms. The van der Waals surface area contributed by atoms with Crippen molar-refractivity contribution in [2.75, 3.05) is 6.54 Å². The molecule has 1 aliphatic rings. The highest BCUT2D eigenvalue weighted by molar-refractivity contribution is 5.96. The highest BCUT2D eigenvalue weighted by Crippen LogP contribution is 2.23. The van der Waals surface area contributed by atoms with Crippen LogP contribution in [0.3, 0.4) is 0 Å². The van der Waals surface area contributed by atoms with Crippen molar-refractivity contribution >= 4 is 5.91 Å². The standard InChI is InChI=1S/C16H24N2O/c1-11(2)5-8-15(17)13-7-6-12-4-3-9-18-16(19)14(12)10-13/h6-7,10-11,15H,3-5,8-9,17H2,1-2H3,(H,18,19). The molecule has 0 aliphatic carbocycles. The van der Waals surface area contributed by atoms with Gasteiger partial charge in [0, 0.05) is 18.2 Å². The van der Waals surface area contributed by atoms with Gasteiger partial charge >= 0.3 is 0 Å². The van der Waals surface area contributed by atoms with Crippen LogP contribution in [0.2, 0.25) is 0 Å². The average Bonchev–Trinajstić information content (AvgIpc) is 2.58. The van der Waals surface area contributed by atoms with E-state index in [2.05, 4.69) is 31.3 Å². The van der Waals surface area contributed by atoms with Gasteiger partial charge in [0.05, 0.1) is 0 Å². The van der Waals surface area contributed by atoms with Crippen LogP contribution in [-0.2, 0) is 6.42 Å². The zero-order valence-corrected chi connectivity index (χ0v) is 11.9. The van der Waals surface area contributed by atoms with Gasteiger partial charge in [0.1, 0.15) is 0 Å². The van der Waals surface area contributed by atoms with E-state index in [9.17, 15) is 4.79 Å². The summed E-state index contributed by atoms with van der Waals surface area (Å²) >= 11 is 0. The molecular formula is C16H24N2O. The van der Waals surface area contributed by atoms with E-state index in [1.807, 2.05) is 6.07 Å². The van der Waals surface area contributed by atoms with Crippen molar-refractivity contribution in [3.05, 3.63) is 34.9 Å². The Morgan fingerprint density at radius 1 is 1.32 bits per heavy atom. The van der Waals surface area contributed by atoms with Crippen molar-refractivity contribution in [1.82, 2.24) is 5.32 Å². The molecule has 1 atom stereocenters. The van der Waals surface area contributed by atoms with Crippen LogP contribution in [0.4, 0.5) is 0 Å². The Labute approximate surface area is 115 Å². The Hall–Kier alpha value is -1.35. The van der Waals surface area contributed by atoms with Gasteiger partial charge in [-0.15, -0.1) is 0 Å². The van der Waals surface area contributed by atoms with Crippen LogP contribution in [0, 0.1) is 5.92 Å². The Morgan fingerprint density at radius 3 is 2.84 bits per heavy atom. The number of nitrogens with two attached hydrogens (primary N) is 1. The molecule has 1 aromatic carbocycles. The third-order valence-corrected chi connectivity index (χ3v) is 3.77. The number of carbonyl (C=O) groups is 1. The minimum absolute atomic E-state index is 0.0313. The molecule has 1 unspecified atom stereocenters. The Bertz CT molecular complexity index is 454. The maximum Gasteiger partial charge on any atom is 0.251 e. The summed E-state index contributed by atoms with van der Waals surface area (Å²) in [6, 6.07) is 6.18. The van der Waals surface area contributed by atoms with E-state index < -0.39 is 0 Å². The number of rotatable bonds is 4. The molecule has 1 amide bonds. The first-order chi connectivity index (χ1) is 9.08. The molecule has 0 fully saturated rings. The van der Waals surface area contributed by atoms with Gasteiger partial charge in [0.25, 0.3) is 5.91 Å². The molecule has 1 heterocycles. The van der Waals surface area contributed by atoms with Crippen LogP contribution in [-0.4, -0.2) is 12.5 Å². The summed E-state index contributed by atoms with van der Waals surface area (Å²) in [5, 5.41) is 2.94. The van der Waals surface area contributed by atoms with E-state index in [4.69, 9.17) is 5.73 Å².